The van der Waals surface area contributed by atoms with Crippen molar-refractivity contribution in [2.45, 2.75) is 70.9 Å². The minimum atomic E-state index is 0.127. The first-order valence-electron chi connectivity index (χ1n) is 8.70. The molecule has 3 rings (SSSR count). The topological polar surface area (TPSA) is 32.3 Å². The van der Waals surface area contributed by atoms with E-state index in [0.717, 1.165) is 19.0 Å². The Bertz CT molecular complexity index is 349. The molecule has 20 heavy (non-hydrogen) atoms. The van der Waals surface area contributed by atoms with Gasteiger partial charge in [0, 0.05) is 12.6 Å². The van der Waals surface area contributed by atoms with Gasteiger partial charge >= 0.3 is 0 Å². The van der Waals surface area contributed by atoms with E-state index in [2.05, 4.69) is 24.1 Å². The van der Waals surface area contributed by atoms with E-state index in [1.54, 1.807) is 0 Å². The number of carbonyl (C=O) groups excluding carboxylic acids is 1. The van der Waals surface area contributed by atoms with Gasteiger partial charge in [-0.3, -0.25) is 4.79 Å². The molecule has 2 aliphatic carbocycles. The molecule has 2 saturated carbocycles. The highest BCUT2D eigenvalue weighted by Crippen LogP contribution is 2.39. The zero-order valence-electron chi connectivity index (χ0n) is 13.1. The molecule has 3 unspecified atom stereocenters. The lowest BCUT2D eigenvalue weighted by atomic mass is 9.92. The maximum atomic E-state index is 13.1. The molecule has 1 saturated heterocycles. The second kappa shape index (κ2) is 6.05. The number of carbonyl (C=O) groups is 1. The first kappa shape index (κ1) is 14.4. The van der Waals surface area contributed by atoms with E-state index < -0.39 is 0 Å². The van der Waals surface area contributed by atoms with Crippen LogP contribution in [0.4, 0.5) is 0 Å². The number of fused-ring (bicyclic) bond motifs is 1. The van der Waals surface area contributed by atoms with E-state index in [1.165, 1.54) is 44.9 Å². The number of amides is 1. The van der Waals surface area contributed by atoms with Gasteiger partial charge in [0.05, 0.1) is 6.04 Å². The molecule has 1 aliphatic heterocycles. The number of nitrogens with one attached hydrogen (secondary N) is 1. The van der Waals surface area contributed by atoms with E-state index in [4.69, 9.17) is 0 Å². The molecular formula is C17H30N2O. The number of hydrogen-bond donors (Lipinski definition) is 1. The van der Waals surface area contributed by atoms with E-state index in [9.17, 15) is 4.79 Å². The standard InChI is InChI=1S/C17H30N2O/c1-12(2)11-19(14-7-3-4-8-14)17(20)16-15-9-5-6-13(15)10-18-16/h12-16,18H,3-11H2,1-2H3. The Kier molecular flexibility index (Phi) is 4.34. The SMILES string of the molecule is CC(C)CN(C(=O)C1NCC2CCCC21)C1CCCC1. The van der Waals surface area contributed by atoms with Crippen LogP contribution in [0.25, 0.3) is 0 Å². The molecule has 1 N–H and O–H groups in total. The van der Waals surface area contributed by atoms with Crippen molar-refractivity contribution in [1.82, 2.24) is 10.2 Å². The third kappa shape index (κ3) is 2.74. The van der Waals surface area contributed by atoms with Crippen LogP contribution in [0.1, 0.15) is 58.8 Å². The zero-order valence-corrected chi connectivity index (χ0v) is 13.1. The molecule has 3 nitrogen and oxygen atoms in total. The van der Waals surface area contributed by atoms with Gasteiger partial charge in [-0.2, -0.15) is 0 Å². The van der Waals surface area contributed by atoms with E-state index in [-0.39, 0.29) is 6.04 Å². The van der Waals surface area contributed by atoms with Crippen molar-refractivity contribution < 1.29 is 4.79 Å². The second-order valence-electron chi connectivity index (χ2n) is 7.56. The Labute approximate surface area is 123 Å². The van der Waals surface area contributed by atoms with Crippen molar-refractivity contribution >= 4 is 5.91 Å². The summed E-state index contributed by atoms with van der Waals surface area (Å²) in [6.07, 6.45) is 8.96. The lowest BCUT2D eigenvalue weighted by Gasteiger charge is -2.34. The highest BCUT2D eigenvalue weighted by molar-refractivity contribution is 5.83. The van der Waals surface area contributed by atoms with Crippen molar-refractivity contribution in [1.29, 1.82) is 0 Å². The van der Waals surface area contributed by atoms with Crippen LogP contribution in [0.5, 0.6) is 0 Å². The quantitative estimate of drug-likeness (QED) is 0.857. The molecule has 114 valence electrons. The van der Waals surface area contributed by atoms with Crippen molar-refractivity contribution in [2.24, 2.45) is 17.8 Å². The van der Waals surface area contributed by atoms with Crippen molar-refractivity contribution in [3.05, 3.63) is 0 Å². The lowest BCUT2D eigenvalue weighted by molar-refractivity contribution is -0.137. The summed E-state index contributed by atoms with van der Waals surface area (Å²) in [4.78, 5) is 15.3. The fourth-order valence-electron chi connectivity index (χ4n) is 4.66. The molecule has 1 amide bonds. The highest BCUT2D eigenvalue weighted by atomic mass is 16.2. The normalized spacial score (nSPS) is 33.9. The molecule has 3 fully saturated rings. The Morgan fingerprint density at radius 3 is 2.60 bits per heavy atom. The van der Waals surface area contributed by atoms with Gasteiger partial charge in [-0.25, -0.2) is 0 Å². The summed E-state index contributed by atoms with van der Waals surface area (Å²) in [7, 11) is 0. The van der Waals surface area contributed by atoms with Crippen LogP contribution in [0.15, 0.2) is 0 Å². The fraction of sp³-hybridized carbons (Fsp3) is 0.941. The zero-order chi connectivity index (χ0) is 14.1. The summed E-state index contributed by atoms with van der Waals surface area (Å²) < 4.78 is 0. The van der Waals surface area contributed by atoms with Gasteiger partial charge in [-0.15, -0.1) is 0 Å². The Balaban J connectivity index is 1.70. The average Bonchev–Trinajstić information content (AvgIpc) is 3.11. The predicted molar refractivity (Wildman–Crippen MR) is 81.4 cm³/mol. The number of nitrogens with zero attached hydrogens (tertiary/aromatic N) is 1. The van der Waals surface area contributed by atoms with Gasteiger partial charge in [-0.05, 0) is 50.0 Å². The van der Waals surface area contributed by atoms with Crippen LogP contribution in [-0.2, 0) is 4.79 Å². The monoisotopic (exact) mass is 278 g/mol. The Morgan fingerprint density at radius 1 is 1.15 bits per heavy atom. The van der Waals surface area contributed by atoms with E-state index in [1.807, 2.05) is 0 Å². The first-order valence-corrected chi connectivity index (χ1v) is 8.70. The molecule has 3 aliphatic rings. The van der Waals surface area contributed by atoms with Gasteiger partial charge in [-0.1, -0.05) is 33.1 Å². The van der Waals surface area contributed by atoms with Crippen LogP contribution in [0.2, 0.25) is 0 Å². The average molecular weight is 278 g/mol. The van der Waals surface area contributed by atoms with Crippen LogP contribution in [0.3, 0.4) is 0 Å². The predicted octanol–water partition coefficient (Wildman–Crippen LogP) is 2.80. The maximum absolute atomic E-state index is 13.1. The molecule has 1 heterocycles. The van der Waals surface area contributed by atoms with E-state index >= 15 is 0 Å². The number of rotatable bonds is 4. The third-order valence-electron chi connectivity index (χ3n) is 5.62. The third-order valence-corrected chi connectivity index (χ3v) is 5.62. The van der Waals surface area contributed by atoms with Crippen molar-refractivity contribution in [3.8, 4) is 0 Å². The van der Waals surface area contributed by atoms with Crippen LogP contribution in [0, 0.1) is 17.8 Å². The van der Waals surface area contributed by atoms with Crippen LogP contribution in [-0.4, -0.2) is 36.0 Å². The minimum absolute atomic E-state index is 0.127. The lowest BCUT2D eigenvalue weighted by Crippen LogP contribution is -2.51. The van der Waals surface area contributed by atoms with Gasteiger partial charge in [0.2, 0.25) is 5.91 Å². The molecule has 3 atom stereocenters. The molecule has 0 aromatic carbocycles. The van der Waals surface area contributed by atoms with Crippen LogP contribution >= 0.6 is 0 Å². The smallest absolute Gasteiger partial charge is 0.240 e. The summed E-state index contributed by atoms with van der Waals surface area (Å²) in [5.41, 5.74) is 0. The minimum Gasteiger partial charge on any atom is -0.338 e. The Morgan fingerprint density at radius 2 is 1.90 bits per heavy atom. The largest absolute Gasteiger partial charge is 0.338 e. The summed E-state index contributed by atoms with van der Waals surface area (Å²) in [6.45, 7) is 6.48. The molecule has 0 radical (unpaired) electrons. The summed E-state index contributed by atoms with van der Waals surface area (Å²) >= 11 is 0. The molecule has 0 aromatic rings. The van der Waals surface area contributed by atoms with Gasteiger partial charge in [0.15, 0.2) is 0 Å². The second-order valence-corrected chi connectivity index (χ2v) is 7.56. The maximum Gasteiger partial charge on any atom is 0.240 e. The summed E-state index contributed by atoms with van der Waals surface area (Å²) in [5.74, 6) is 2.38. The summed E-state index contributed by atoms with van der Waals surface area (Å²) in [6, 6.07) is 0.647. The molecule has 0 aromatic heterocycles. The molecule has 0 bridgehead atoms. The van der Waals surface area contributed by atoms with Gasteiger partial charge in [0.25, 0.3) is 0 Å². The van der Waals surface area contributed by atoms with Crippen molar-refractivity contribution in [2.75, 3.05) is 13.1 Å². The molecule has 3 heteroatoms. The molecule has 0 spiro atoms. The highest BCUT2D eigenvalue weighted by Gasteiger charge is 2.44. The van der Waals surface area contributed by atoms with Crippen LogP contribution < -0.4 is 5.32 Å². The van der Waals surface area contributed by atoms with Gasteiger partial charge < -0.3 is 10.2 Å². The Hall–Kier alpha value is -0.570. The molecular weight excluding hydrogens is 248 g/mol. The van der Waals surface area contributed by atoms with Crippen molar-refractivity contribution in [3.63, 3.8) is 0 Å². The van der Waals surface area contributed by atoms with Gasteiger partial charge in [0.1, 0.15) is 0 Å². The first-order chi connectivity index (χ1) is 9.66. The number of hydrogen-bond acceptors (Lipinski definition) is 2. The van der Waals surface area contributed by atoms with E-state index in [0.29, 0.717) is 23.8 Å². The fourth-order valence-corrected chi connectivity index (χ4v) is 4.66. The summed E-state index contributed by atoms with van der Waals surface area (Å²) in [5, 5.41) is 3.54.